The van der Waals surface area contributed by atoms with Gasteiger partial charge in [0.15, 0.2) is 0 Å². The summed E-state index contributed by atoms with van der Waals surface area (Å²) in [5.74, 6) is 1.16. The van der Waals surface area contributed by atoms with Crippen LogP contribution < -0.4 is 0 Å². The molecule has 0 fully saturated rings. The van der Waals surface area contributed by atoms with Crippen LogP contribution in [0.4, 0.5) is 0 Å². The Morgan fingerprint density at radius 2 is 2.00 bits per heavy atom. The zero-order valence-corrected chi connectivity index (χ0v) is 11.5. The molecule has 2 rings (SSSR count). The Morgan fingerprint density at radius 3 is 2.59 bits per heavy atom. The van der Waals surface area contributed by atoms with E-state index >= 15 is 0 Å². The van der Waals surface area contributed by atoms with Crippen molar-refractivity contribution >= 4 is 22.9 Å². The minimum Gasteiger partial charge on any atom is -0.247 e. The molecule has 0 aliphatic carbocycles. The highest BCUT2D eigenvalue weighted by atomic mass is 35.5. The largest absolute Gasteiger partial charge is 0.247 e. The van der Waals surface area contributed by atoms with Crippen LogP contribution in [0.1, 0.15) is 16.3 Å². The van der Waals surface area contributed by atoms with Crippen LogP contribution in [0.15, 0.2) is 35.7 Å². The van der Waals surface area contributed by atoms with Crippen LogP contribution >= 0.6 is 22.9 Å². The summed E-state index contributed by atoms with van der Waals surface area (Å²) in [6, 6.07) is 10.5. The molecule has 1 heterocycles. The van der Waals surface area contributed by atoms with E-state index in [0.29, 0.717) is 11.8 Å². The van der Waals surface area contributed by atoms with Crippen LogP contribution in [0.3, 0.4) is 0 Å². The molecule has 0 radical (unpaired) electrons. The quantitative estimate of drug-likeness (QED) is 0.742. The predicted octanol–water partition coefficient (Wildman–Crippen LogP) is 4.09. The molecule has 0 N–H and O–H groups in total. The van der Waals surface area contributed by atoms with Crippen molar-refractivity contribution in [2.75, 3.05) is 5.88 Å². The highest BCUT2D eigenvalue weighted by Crippen LogP contribution is 2.18. The Bertz CT molecular complexity index is 452. The Hall–Kier alpha value is -0.860. The molecule has 0 saturated carbocycles. The van der Waals surface area contributed by atoms with Crippen LogP contribution in [0.25, 0.3) is 0 Å². The third-order valence-corrected chi connectivity index (χ3v) is 4.14. The van der Waals surface area contributed by atoms with E-state index in [1.165, 1.54) is 10.6 Å². The van der Waals surface area contributed by atoms with Gasteiger partial charge in [-0.05, 0) is 24.8 Å². The smallest absolute Gasteiger partial charge is 0.0931 e. The molecule has 3 heteroatoms. The average molecular weight is 266 g/mol. The molecular weight excluding hydrogens is 250 g/mol. The van der Waals surface area contributed by atoms with Crippen molar-refractivity contribution in [3.63, 3.8) is 0 Å². The predicted molar refractivity (Wildman–Crippen MR) is 74.9 cm³/mol. The Morgan fingerprint density at radius 1 is 1.24 bits per heavy atom. The lowest BCUT2D eigenvalue weighted by Crippen LogP contribution is -2.10. The van der Waals surface area contributed by atoms with Crippen molar-refractivity contribution < 1.29 is 0 Å². The maximum absolute atomic E-state index is 6.05. The van der Waals surface area contributed by atoms with Crippen molar-refractivity contribution in [1.82, 2.24) is 4.98 Å². The third-order valence-electron chi connectivity index (χ3n) is 2.72. The first-order chi connectivity index (χ1) is 8.28. The van der Waals surface area contributed by atoms with Crippen molar-refractivity contribution in [2.24, 2.45) is 5.92 Å². The van der Waals surface area contributed by atoms with Crippen molar-refractivity contribution in [2.45, 2.75) is 19.8 Å². The number of alkyl halides is 1. The van der Waals surface area contributed by atoms with E-state index in [1.807, 2.05) is 13.0 Å². The van der Waals surface area contributed by atoms with Crippen LogP contribution in [0.2, 0.25) is 0 Å². The second-order valence-electron chi connectivity index (χ2n) is 4.30. The monoisotopic (exact) mass is 265 g/mol. The first-order valence-corrected chi connectivity index (χ1v) is 7.20. The molecule has 0 aliphatic rings. The third kappa shape index (κ3) is 3.83. The van der Waals surface area contributed by atoms with E-state index in [0.717, 1.165) is 18.5 Å². The first-order valence-electron chi connectivity index (χ1n) is 5.79. The molecular formula is C14H16ClNS. The number of nitrogens with zero attached hydrogens (tertiary/aromatic N) is 1. The van der Waals surface area contributed by atoms with Gasteiger partial charge in [0.1, 0.15) is 0 Å². The summed E-state index contributed by atoms with van der Waals surface area (Å²) in [6.07, 6.45) is 2.01. The summed E-state index contributed by atoms with van der Waals surface area (Å²) in [4.78, 5) is 4.50. The molecule has 1 unspecified atom stereocenters. The van der Waals surface area contributed by atoms with Crippen LogP contribution in [-0.4, -0.2) is 10.9 Å². The number of aryl methyl sites for hydroxylation is 1. The van der Waals surface area contributed by atoms with Gasteiger partial charge in [0.2, 0.25) is 0 Å². The summed E-state index contributed by atoms with van der Waals surface area (Å²) in [5.41, 5.74) is 2.46. The SMILES string of the molecule is Cc1csc(CC(CCl)Cc2ccccc2)n1. The average Bonchev–Trinajstić information content (AvgIpc) is 2.75. The lowest BCUT2D eigenvalue weighted by atomic mass is 9.98. The number of benzene rings is 1. The van der Waals surface area contributed by atoms with Gasteiger partial charge in [-0.25, -0.2) is 4.98 Å². The van der Waals surface area contributed by atoms with Gasteiger partial charge in [-0.2, -0.15) is 0 Å². The number of hydrogen-bond acceptors (Lipinski definition) is 2. The fourth-order valence-corrected chi connectivity index (χ4v) is 2.98. The van der Waals surface area contributed by atoms with Gasteiger partial charge >= 0.3 is 0 Å². The molecule has 0 saturated heterocycles. The molecule has 1 aromatic heterocycles. The number of aromatic nitrogens is 1. The lowest BCUT2D eigenvalue weighted by molar-refractivity contribution is 0.581. The Balaban J connectivity index is 1.98. The molecule has 17 heavy (non-hydrogen) atoms. The van der Waals surface area contributed by atoms with Crippen LogP contribution in [-0.2, 0) is 12.8 Å². The summed E-state index contributed by atoms with van der Waals surface area (Å²) in [5, 5.41) is 3.30. The maximum atomic E-state index is 6.05. The Kier molecular flexibility index (Phi) is 4.57. The summed E-state index contributed by atoms with van der Waals surface area (Å²) in [6.45, 7) is 2.03. The molecule has 1 atom stereocenters. The second kappa shape index (κ2) is 6.18. The maximum Gasteiger partial charge on any atom is 0.0931 e. The van der Waals surface area contributed by atoms with Crippen LogP contribution in [0.5, 0.6) is 0 Å². The second-order valence-corrected chi connectivity index (χ2v) is 5.55. The van der Waals surface area contributed by atoms with Gasteiger partial charge in [-0.3, -0.25) is 0 Å². The highest BCUT2D eigenvalue weighted by molar-refractivity contribution is 7.09. The molecule has 0 aliphatic heterocycles. The van der Waals surface area contributed by atoms with Gasteiger partial charge in [-0.15, -0.1) is 22.9 Å². The van der Waals surface area contributed by atoms with E-state index < -0.39 is 0 Å². The molecule has 0 amide bonds. The molecule has 90 valence electrons. The van der Waals surface area contributed by atoms with E-state index in [1.54, 1.807) is 11.3 Å². The van der Waals surface area contributed by atoms with E-state index in [9.17, 15) is 0 Å². The van der Waals surface area contributed by atoms with Crippen LogP contribution in [0, 0.1) is 12.8 Å². The zero-order chi connectivity index (χ0) is 12.1. The minimum absolute atomic E-state index is 0.476. The number of thiazole rings is 1. The van der Waals surface area contributed by atoms with Gasteiger partial charge in [0.05, 0.1) is 5.01 Å². The summed E-state index contributed by atoms with van der Waals surface area (Å²) < 4.78 is 0. The molecule has 0 spiro atoms. The topological polar surface area (TPSA) is 12.9 Å². The van der Waals surface area contributed by atoms with E-state index in [2.05, 4.69) is 34.6 Å². The number of rotatable bonds is 5. The lowest BCUT2D eigenvalue weighted by Gasteiger charge is -2.12. The number of hydrogen-bond donors (Lipinski definition) is 0. The molecule has 2 aromatic rings. The fourth-order valence-electron chi connectivity index (χ4n) is 1.87. The summed E-state index contributed by atoms with van der Waals surface area (Å²) in [7, 11) is 0. The van der Waals surface area contributed by atoms with Gasteiger partial charge in [0.25, 0.3) is 0 Å². The molecule has 1 nitrogen and oxygen atoms in total. The van der Waals surface area contributed by atoms with E-state index in [-0.39, 0.29) is 0 Å². The Labute approximate surface area is 111 Å². The highest BCUT2D eigenvalue weighted by Gasteiger charge is 2.11. The van der Waals surface area contributed by atoms with Gasteiger partial charge in [-0.1, -0.05) is 30.3 Å². The van der Waals surface area contributed by atoms with E-state index in [4.69, 9.17) is 11.6 Å². The van der Waals surface area contributed by atoms with Crippen molar-refractivity contribution in [3.05, 3.63) is 52.0 Å². The van der Waals surface area contributed by atoms with Crippen molar-refractivity contribution in [1.29, 1.82) is 0 Å². The minimum atomic E-state index is 0.476. The zero-order valence-electron chi connectivity index (χ0n) is 9.90. The summed E-state index contributed by atoms with van der Waals surface area (Å²) >= 11 is 7.79. The fraction of sp³-hybridized carbons (Fsp3) is 0.357. The first kappa shape index (κ1) is 12.6. The number of halogens is 1. The molecule has 0 bridgehead atoms. The van der Waals surface area contributed by atoms with Crippen molar-refractivity contribution in [3.8, 4) is 0 Å². The van der Waals surface area contributed by atoms with Gasteiger partial charge < -0.3 is 0 Å². The molecule has 1 aromatic carbocycles. The normalized spacial score (nSPS) is 12.6. The van der Waals surface area contributed by atoms with Gasteiger partial charge in [0, 0.05) is 23.4 Å². The standard InChI is InChI=1S/C14H16ClNS/c1-11-10-17-14(16-11)8-13(9-15)7-12-5-3-2-4-6-12/h2-6,10,13H,7-9H2,1H3.